The molecule has 0 aromatic carbocycles. The van der Waals surface area contributed by atoms with Gasteiger partial charge in [-0.25, -0.2) is 4.79 Å². The molecular formula is C12H17N3O3. The van der Waals surface area contributed by atoms with Crippen molar-refractivity contribution in [1.29, 1.82) is 0 Å². The molecule has 3 heterocycles. The van der Waals surface area contributed by atoms with Crippen molar-refractivity contribution in [2.75, 3.05) is 32.7 Å². The summed E-state index contributed by atoms with van der Waals surface area (Å²) in [4.78, 5) is 27.4. The Morgan fingerprint density at radius 2 is 2.17 bits per heavy atom. The van der Waals surface area contributed by atoms with E-state index >= 15 is 0 Å². The molecule has 1 spiro atoms. The monoisotopic (exact) mass is 251 g/mol. The van der Waals surface area contributed by atoms with Crippen LogP contribution in [0.2, 0.25) is 0 Å². The number of nitrogens with zero attached hydrogens (tertiary/aromatic N) is 2. The molecular weight excluding hydrogens is 234 g/mol. The Bertz CT molecular complexity index is 415. The molecule has 2 amide bonds. The lowest BCUT2D eigenvalue weighted by atomic mass is 9.84. The Morgan fingerprint density at radius 1 is 1.39 bits per heavy atom. The maximum Gasteiger partial charge on any atom is 0.411 e. The predicted molar refractivity (Wildman–Crippen MR) is 61.9 cm³/mol. The number of piperazine rings is 1. The van der Waals surface area contributed by atoms with Gasteiger partial charge in [0, 0.05) is 25.6 Å². The van der Waals surface area contributed by atoms with E-state index in [9.17, 15) is 9.59 Å². The summed E-state index contributed by atoms with van der Waals surface area (Å²) in [5.41, 5.74) is -0.435. The number of carbonyl (C=O) groups excluding carboxylic acids is 2. The maximum absolute atomic E-state index is 11.9. The van der Waals surface area contributed by atoms with Crippen LogP contribution in [0.5, 0.6) is 0 Å². The molecule has 98 valence electrons. The van der Waals surface area contributed by atoms with Gasteiger partial charge >= 0.3 is 6.09 Å². The lowest BCUT2D eigenvalue weighted by molar-refractivity contribution is -0.155. The minimum atomic E-state index is -0.435. The molecule has 1 atom stereocenters. The van der Waals surface area contributed by atoms with E-state index < -0.39 is 5.60 Å². The van der Waals surface area contributed by atoms with Gasteiger partial charge in [0.05, 0.1) is 19.1 Å². The average Bonchev–Trinajstić information content (AvgIpc) is 3.12. The molecule has 1 N–H and O–H groups in total. The molecule has 6 nitrogen and oxygen atoms in total. The third-order valence-electron chi connectivity index (χ3n) is 4.53. The lowest BCUT2D eigenvalue weighted by Gasteiger charge is -2.50. The quantitative estimate of drug-likeness (QED) is 0.676. The van der Waals surface area contributed by atoms with Gasteiger partial charge in [0.1, 0.15) is 0 Å². The summed E-state index contributed by atoms with van der Waals surface area (Å²) in [6.45, 7) is 3.47. The van der Waals surface area contributed by atoms with Crippen LogP contribution in [-0.4, -0.2) is 66.2 Å². The summed E-state index contributed by atoms with van der Waals surface area (Å²) in [5, 5.41) is 3.30. The summed E-state index contributed by atoms with van der Waals surface area (Å²) < 4.78 is 5.57. The molecule has 4 fully saturated rings. The predicted octanol–water partition coefficient (Wildman–Crippen LogP) is -0.599. The van der Waals surface area contributed by atoms with E-state index in [4.69, 9.17) is 4.74 Å². The van der Waals surface area contributed by atoms with Crippen molar-refractivity contribution in [1.82, 2.24) is 15.1 Å². The molecule has 0 radical (unpaired) electrons. The fourth-order valence-electron chi connectivity index (χ4n) is 3.31. The van der Waals surface area contributed by atoms with Gasteiger partial charge in [-0.1, -0.05) is 0 Å². The zero-order chi connectivity index (χ0) is 12.3. The molecule has 0 aromatic rings. The number of carbonyl (C=O) groups is 2. The number of likely N-dealkylation sites (tertiary alicyclic amines) is 1. The molecule has 1 aliphatic carbocycles. The highest BCUT2D eigenvalue weighted by atomic mass is 16.6. The smallest absolute Gasteiger partial charge is 0.411 e. The van der Waals surface area contributed by atoms with Gasteiger partial charge < -0.3 is 15.0 Å². The maximum atomic E-state index is 11.9. The van der Waals surface area contributed by atoms with Crippen LogP contribution in [0.1, 0.15) is 12.8 Å². The van der Waals surface area contributed by atoms with Crippen LogP contribution in [0.3, 0.4) is 0 Å². The number of fused-ring (bicyclic) bond motifs is 2. The van der Waals surface area contributed by atoms with Crippen molar-refractivity contribution in [2.24, 2.45) is 5.92 Å². The normalized spacial score (nSPS) is 33.1. The highest BCUT2D eigenvalue weighted by Crippen LogP contribution is 2.41. The largest absolute Gasteiger partial charge is 0.437 e. The Labute approximate surface area is 105 Å². The number of hydrogen-bond donors (Lipinski definition) is 1. The summed E-state index contributed by atoms with van der Waals surface area (Å²) in [6, 6.07) is 0.0991. The third-order valence-corrected chi connectivity index (χ3v) is 4.53. The zero-order valence-corrected chi connectivity index (χ0v) is 10.2. The van der Waals surface area contributed by atoms with Crippen LogP contribution in [0, 0.1) is 5.92 Å². The van der Waals surface area contributed by atoms with Gasteiger partial charge in [-0.05, 0) is 12.8 Å². The van der Waals surface area contributed by atoms with Crippen LogP contribution in [0.15, 0.2) is 0 Å². The van der Waals surface area contributed by atoms with E-state index in [1.165, 1.54) is 0 Å². The first-order valence-corrected chi connectivity index (χ1v) is 6.69. The molecule has 4 rings (SSSR count). The second kappa shape index (κ2) is 3.38. The number of rotatable bonds is 1. The fraction of sp³-hybridized carbons (Fsp3) is 0.833. The Balaban J connectivity index is 1.49. The van der Waals surface area contributed by atoms with Gasteiger partial charge in [-0.15, -0.1) is 0 Å². The molecule has 18 heavy (non-hydrogen) atoms. The minimum absolute atomic E-state index is 0.0991. The Morgan fingerprint density at radius 3 is 2.89 bits per heavy atom. The second-order valence-electron chi connectivity index (χ2n) is 5.81. The summed E-state index contributed by atoms with van der Waals surface area (Å²) >= 11 is 0. The van der Waals surface area contributed by atoms with Crippen molar-refractivity contribution >= 4 is 12.0 Å². The van der Waals surface area contributed by atoms with Crippen LogP contribution in [-0.2, 0) is 9.53 Å². The molecule has 0 aromatic heterocycles. The lowest BCUT2D eigenvalue weighted by Crippen LogP contribution is -2.71. The van der Waals surface area contributed by atoms with E-state index in [-0.39, 0.29) is 24.0 Å². The van der Waals surface area contributed by atoms with E-state index in [2.05, 4.69) is 5.32 Å². The van der Waals surface area contributed by atoms with Crippen molar-refractivity contribution in [3.8, 4) is 0 Å². The zero-order valence-electron chi connectivity index (χ0n) is 10.2. The van der Waals surface area contributed by atoms with E-state index in [1.807, 2.05) is 9.80 Å². The summed E-state index contributed by atoms with van der Waals surface area (Å²) in [6.07, 6.45) is 1.85. The molecule has 0 bridgehead atoms. The van der Waals surface area contributed by atoms with Crippen molar-refractivity contribution < 1.29 is 14.3 Å². The van der Waals surface area contributed by atoms with Crippen molar-refractivity contribution in [3.05, 3.63) is 0 Å². The number of hydrogen-bond acceptors (Lipinski definition) is 4. The SMILES string of the molecule is O=C(C1CC1)N1CC2(C1)OC(=O)N1CCNCC12. The summed E-state index contributed by atoms with van der Waals surface area (Å²) in [7, 11) is 0. The topological polar surface area (TPSA) is 61.9 Å². The Kier molecular flexibility index (Phi) is 1.99. The summed E-state index contributed by atoms with van der Waals surface area (Å²) in [5.74, 6) is 0.499. The van der Waals surface area contributed by atoms with Gasteiger partial charge in [0.15, 0.2) is 5.60 Å². The highest BCUT2D eigenvalue weighted by Gasteiger charge is 2.62. The second-order valence-corrected chi connectivity index (χ2v) is 5.81. The number of nitrogens with one attached hydrogen (secondary N) is 1. The molecule has 1 unspecified atom stereocenters. The average molecular weight is 251 g/mol. The highest BCUT2D eigenvalue weighted by molar-refractivity contribution is 5.83. The van der Waals surface area contributed by atoms with Gasteiger partial charge in [-0.3, -0.25) is 9.69 Å². The molecule has 3 saturated heterocycles. The first-order valence-electron chi connectivity index (χ1n) is 6.69. The number of ether oxygens (including phenoxy) is 1. The molecule has 4 aliphatic rings. The van der Waals surface area contributed by atoms with Crippen LogP contribution in [0.4, 0.5) is 4.79 Å². The van der Waals surface area contributed by atoms with Gasteiger partial charge in [-0.2, -0.15) is 0 Å². The van der Waals surface area contributed by atoms with Crippen LogP contribution < -0.4 is 5.32 Å². The van der Waals surface area contributed by atoms with Crippen molar-refractivity contribution in [2.45, 2.75) is 24.5 Å². The standard InChI is InChI=1S/C12H17N3O3/c16-10(8-1-2-8)14-6-12(7-14)9-5-13-3-4-15(9)11(17)18-12/h8-9,13H,1-7H2. The number of amides is 2. The van der Waals surface area contributed by atoms with Crippen molar-refractivity contribution in [3.63, 3.8) is 0 Å². The Hall–Kier alpha value is -1.30. The van der Waals surface area contributed by atoms with E-state index in [0.29, 0.717) is 19.6 Å². The molecule has 3 aliphatic heterocycles. The first kappa shape index (κ1) is 10.6. The fourth-order valence-corrected chi connectivity index (χ4v) is 3.31. The van der Waals surface area contributed by atoms with E-state index in [0.717, 1.165) is 25.9 Å². The minimum Gasteiger partial charge on any atom is -0.437 e. The first-order chi connectivity index (χ1) is 8.70. The van der Waals surface area contributed by atoms with Crippen LogP contribution in [0.25, 0.3) is 0 Å². The molecule has 1 saturated carbocycles. The van der Waals surface area contributed by atoms with Crippen LogP contribution >= 0.6 is 0 Å². The third kappa shape index (κ3) is 1.32. The van der Waals surface area contributed by atoms with Gasteiger partial charge in [0.2, 0.25) is 5.91 Å². The van der Waals surface area contributed by atoms with Gasteiger partial charge in [0.25, 0.3) is 0 Å². The molecule has 6 heteroatoms. The van der Waals surface area contributed by atoms with E-state index in [1.54, 1.807) is 0 Å².